The van der Waals surface area contributed by atoms with Gasteiger partial charge in [-0.2, -0.15) is 0 Å². The Bertz CT molecular complexity index is 584. The Labute approximate surface area is 119 Å². The Morgan fingerprint density at radius 2 is 2.10 bits per heavy atom. The zero-order chi connectivity index (χ0) is 15.3. The number of hydrogen-bond donors (Lipinski definition) is 2. The largest absolute Gasteiger partial charge is 0.399 e. The number of hydrogen-bond acceptors (Lipinski definition) is 5. The van der Waals surface area contributed by atoms with E-state index in [4.69, 9.17) is 10.5 Å². The summed E-state index contributed by atoms with van der Waals surface area (Å²) < 4.78 is 29.1. The molecule has 3 N–H and O–H groups in total. The van der Waals surface area contributed by atoms with Gasteiger partial charge < -0.3 is 15.8 Å². The molecule has 0 bridgehead atoms. The fourth-order valence-corrected chi connectivity index (χ4v) is 2.93. The third-order valence-electron chi connectivity index (χ3n) is 2.75. The molecule has 0 heterocycles. The average molecular weight is 300 g/mol. The van der Waals surface area contributed by atoms with Crippen LogP contribution in [0.3, 0.4) is 0 Å². The van der Waals surface area contributed by atoms with Gasteiger partial charge in [-0.1, -0.05) is 0 Å². The first kappa shape index (κ1) is 16.5. The van der Waals surface area contributed by atoms with Crippen LogP contribution < -0.4 is 11.1 Å². The fraction of sp³-hybridized carbons (Fsp3) is 0.462. The lowest BCUT2D eigenvalue weighted by atomic mass is 10.2. The summed E-state index contributed by atoms with van der Waals surface area (Å²) in [7, 11) is -2.16. The van der Waals surface area contributed by atoms with Crippen LogP contribution in [-0.4, -0.2) is 39.8 Å². The Morgan fingerprint density at radius 1 is 1.45 bits per heavy atom. The van der Waals surface area contributed by atoms with Gasteiger partial charge in [-0.3, -0.25) is 4.79 Å². The number of rotatable bonds is 6. The fourth-order valence-electron chi connectivity index (χ4n) is 1.71. The maximum atomic E-state index is 12.1. The Morgan fingerprint density at radius 3 is 2.65 bits per heavy atom. The van der Waals surface area contributed by atoms with Gasteiger partial charge in [0.15, 0.2) is 9.84 Å². The summed E-state index contributed by atoms with van der Waals surface area (Å²) in [6, 6.07) is 4.16. The topological polar surface area (TPSA) is 98.5 Å². The van der Waals surface area contributed by atoms with Gasteiger partial charge in [-0.15, -0.1) is 0 Å². The number of aryl methyl sites for hydroxylation is 1. The van der Waals surface area contributed by atoms with Crippen LogP contribution in [-0.2, 0) is 19.4 Å². The molecule has 1 aromatic carbocycles. The second kappa shape index (κ2) is 6.71. The molecule has 0 saturated heterocycles. The Hall–Kier alpha value is -1.60. The van der Waals surface area contributed by atoms with Crippen LogP contribution >= 0.6 is 0 Å². The highest BCUT2D eigenvalue weighted by atomic mass is 32.2. The number of benzene rings is 1. The lowest BCUT2D eigenvalue weighted by molar-refractivity contribution is -0.119. The van der Waals surface area contributed by atoms with Crippen molar-refractivity contribution in [2.75, 3.05) is 25.2 Å². The molecule has 6 nitrogen and oxygen atoms in total. The van der Waals surface area contributed by atoms with E-state index in [9.17, 15) is 13.2 Å². The molecule has 0 fully saturated rings. The average Bonchev–Trinajstić information content (AvgIpc) is 2.31. The van der Waals surface area contributed by atoms with Crippen molar-refractivity contribution in [1.82, 2.24) is 5.32 Å². The molecule has 1 rings (SSSR count). The van der Waals surface area contributed by atoms with E-state index in [0.717, 1.165) is 0 Å². The van der Waals surface area contributed by atoms with Crippen LogP contribution in [0.1, 0.15) is 12.5 Å². The normalized spacial score (nSPS) is 12.9. The zero-order valence-electron chi connectivity index (χ0n) is 11.8. The number of carbonyl (C=O) groups is 1. The second-order valence-electron chi connectivity index (χ2n) is 4.70. The molecule has 20 heavy (non-hydrogen) atoms. The molecule has 0 aliphatic rings. The minimum absolute atomic E-state index is 0.0961. The summed E-state index contributed by atoms with van der Waals surface area (Å²) in [5.74, 6) is -1.14. The van der Waals surface area contributed by atoms with Gasteiger partial charge in [0.05, 0.1) is 11.5 Å². The summed E-state index contributed by atoms with van der Waals surface area (Å²) in [5, 5.41) is 2.56. The van der Waals surface area contributed by atoms with Crippen LogP contribution in [0.25, 0.3) is 0 Å². The van der Waals surface area contributed by atoms with Gasteiger partial charge in [0.1, 0.15) is 5.75 Å². The minimum Gasteiger partial charge on any atom is -0.399 e. The highest BCUT2D eigenvalue weighted by Gasteiger charge is 2.20. The standard InChI is InChI=1S/C13H20N2O4S/c1-9-6-11(4-5-12(9)14)20(17,18)8-13(16)15-10(2)7-19-3/h4-6,10H,7-8,14H2,1-3H3,(H,15,16). The third kappa shape index (κ3) is 4.50. The second-order valence-corrected chi connectivity index (χ2v) is 6.69. The minimum atomic E-state index is -3.67. The molecule has 0 aromatic heterocycles. The van der Waals surface area contributed by atoms with E-state index in [-0.39, 0.29) is 10.9 Å². The molecule has 1 aromatic rings. The van der Waals surface area contributed by atoms with E-state index in [2.05, 4.69) is 5.32 Å². The van der Waals surface area contributed by atoms with Crippen LogP contribution in [0, 0.1) is 6.92 Å². The lowest BCUT2D eigenvalue weighted by Crippen LogP contribution is -2.39. The number of methoxy groups -OCH3 is 1. The van der Waals surface area contributed by atoms with Gasteiger partial charge >= 0.3 is 0 Å². The predicted molar refractivity (Wildman–Crippen MR) is 77.1 cm³/mol. The highest BCUT2D eigenvalue weighted by molar-refractivity contribution is 7.92. The van der Waals surface area contributed by atoms with Crippen LogP contribution in [0.4, 0.5) is 5.69 Å². The lowest BCUT2D eigenvalue weighted by Gasteiger charge is -2.13. The quantitative estimate of drug-likeness (QED) is 0.746. The van der Waals surface area contributed by atoms with E-state index in [0.29, 0.717) is 17.9 Å². The highest BCUT2D eigenvalue weighted by Crippen LogP contribution is 2.17. The number of amides is 1. The van der Waals surface area contributed by atoms with Gasteiger partial charge in [0, 0.05) is 18.8 Å². The zero-order valence-corrected chi connectivity index (χ0v) is 12.7. The van der Waals surface area contributed by atoms with Crippen molar-refractivity contribution >= 4 is 21.4 Å². The number of anilines is 1. The molecule has 0 radical (unpaired) electrons. The first-order valence-electron chi connectivity index (χ1n) is 6.13. The maximum Gasteiger partial charge on any atom is 0.235 e. The van der Waals surface area contributed by atoms with E-state index in [1.807, 2.05) is 0 Å². The van der Waals surface area contributed by atoms with Gasteiger partial charge in [-0.05, 0) is 37.6 Å². The third-order valence-corrected chi connectivity index (χ3v) is 4.36. The molecule has 0 saturated carbocycles. The van der Waals surface area contributed by atoms with Crippen molar-refractivity contribution in [3.8, 4) is 0 Å². The molecule has 7 heteroatoms. The first-order chi connectivity index (χ1) is 9.26. The Kier molecular flexibility index (Phi) is 5.52. The Balaban J connectivity index is 2.79. The smallest absolute Gasteiger partial charge is 0.235 e. The molecule has 1 unspecified atom stereocenters. The SMILES string of the molecule is COCC(C)NC(=O)CS(=O)(=O)c1ccc(N)c(C)c1. The molecule has 0 aliphatic heterocycles. The summed E-state index contributed by atoms with van der Waals surface area (Å²) >= 11 is 0. The molecular weight excluding hydrogens is 280 g/mol. The van der Waals surface area contributed by atoms with Crippen LogP contribution in [0.2, 0.25) is 0 Å². The van der Waals surface area contributed by atoms with Crippen LogP contribution in [0.15, 0.2) is 23.1 Å². The molecule has 0 spiro atoms. The molecule has 112 valence electrons. The van der Waals surface area contributed by atoms with Gasteiger partial charge in [-0.25, -0.2) is 8.42 Å². The molecule has 1 atom stereocenters. The maximum absolute atomic E-state index is 12.1. The van der Waals surface area contributed by atoms with Crippen molar-refractivity contribution in [3.63, 3.8) is 0 Å². The van der Waals surface area contributed by atoms with Crippen molar-refractivity contribution in [1.29, 1.82) is 0 Å². The van der Waals surface area contributed by atoms with Gasteiger partial charge in [0.25, 0.3) is 0 Å². The van der Waals surface area contributed by atoms with E-state index < -0.39 is 21.5 Å². The van der Waals surface area contributed by atoms with E-state index in [1.165, 1.54) is 25.3 Å². The number of ether oxygens (including phenoxy) is 1. The number of nitrogens with two attached hydrogens (primary N) is 1. The number of nitrogen functional groups attached to an aromatic ring is 1. The van der Waals surface area contributed by atoms with Crippen molar-refractivity contribution in [3.05, 3.63) is 23.8 Å². The number of nitrogens with one attached hydrogen (secondary N) is 1. The van der Waals surface area contributed by atoms with Crippen molar-refractivity contribution in [2.24, 2.45) is 0 Å². The predicted octanol–water partition coefficient (Wildman–Crippen LogP) is 0.502. The number of carbonyl (C=O) groups excluding carboxylic acids is 1. The molecule has 1 amide bonds. The molecule has 0 aliphatic carbocycles. The summed E-state index contributed by atoms with van der Waals surface area (Å²) in [6.07, 6.45) is 0. The van der Waals surface area contributed by atoms with Crippen LogP contribution in [0.5, 0.6) is 0 Å². The van der Waals surface area contributed by atoms with Crippen molar-refractivity contribution < 1.29 is 17.9 Å². The first-order valence-corrected chi connectivity index (χ1v) is 7.78. The monoisotopic (exact) mass is 300 g/mol. The number of sulfone groups is 1. The van der Waals surface area contributed by atoms with E-state index >= 15 is 0 Å². The summed E-state index contributed by atoms with van der Waals surface area (Å²) in [5.41, 5.74) is 6.83. The summed E-state index contributed by atoms with van der Waals surface area (Å²) in [4.78, 5) is 11.8. The van der Waals surface area contributed by atoms with Crippen molar-refractivity contribution in [2.45, 2.75) is 24.8 Å². The summed E-state index contributed by atoms with van der Waals surface area (Å²) in [6.45, 7) is 3.78. The van der Waals surface area contributed by atoms with E-state index in [1.54, 1.807) is 13.8 Å². The van der Waals surface area contributed by atoms with Gasteiger partial charge in [0.2, 0.25) is 5.91 Å². The molecular formula is C13H20N2O4S.